The van der Waals surface area contributed by atoms with Crippen molar-refractivity contribution < 1.29 is 4.79 Å². The summed E-state index contributed by atoms with van der Waals surface area (Å²) < 4.78 is 0. The minimum absolute atomic E-state index is 0.478. The molecule has 1 saturated heterocycles. The molecule has 1 heterocycles. The minimum Gasteiger partial charge on any atom is -0.369 e. The second-order valence-corrected chi connectivity index (χ2v) is 8.62. The van der Waals surface area contributed by atoms with E-state index in [1.165, 1.54) is 44.9 Å². The minimum atomic E-state index is 0.478. The number of benzene rings is 1. The molecule has 26 heavy (non-hydrogen) atoms. The largest absolute Gasteiger partial charge is 0.369 e. The van der Waals surface area contributed by atoms with Gasteiger partial charge in [-0.05, 0) is 56.6 Å². The smallest absolute Gasteiger partial charge is 0.209 e. The van der Waals surface area contributed by atoms with Crippen molar-refractivity contribution in [3.8, 4) is 0 Å². The van der Waals surface area contributed by atoms with E-state index in [1.807, 2.05) is 18.2 Å². The van der Waals surface area contributed by atoms with Crippen molar-refractivity contribution in [3.05, 3.63) is 28.2 Å². The van der Waals surface area contributed by atoms with Crippen LogP contribution in [0.2, 0.25) is 10.0 Å². The van der Waals surface area contributed by atoms with Crippen molar-refractivity contribution in [2.24, 2.45) is 5.92 Å². The number of carbonyl (C=O) groups excluding carboxylic acids is 1. The summed E-state index contributed by atoms with van der Waals surface area (Å²) in [7, 11) is 0. The quantitative estimate of drug-likeness (QED) is 0.545. The van der Waals surface area contributed by atoms with Crippen LogP contribution in [0.3, 0.4) is 0 Å². The fourth-order valence-electron chi connectivity index (χ4n) is 4.59. The Bertz CT molecular complexity index is 569. The lowest BCUT2D eigenvalue weighted by Crippen LogP contribution is -2.38. The molecule has 1 unspecified atom stereocenters. The zero-order chi connectivity index (χ0) is 18.4. The molecule has 3 nitrogen and oxygen atoms in total. The Hall–Kier alpha value is -0.930. The van der Waals surface area contributed by atoms with Crippen molar-refractivity contribution in [2.75, 3.05) is 24.5 Å². The van der Waals surface area contributed by atoms with Crippen LogP contribution in [0.15, 0.2) is 18.2 Å². The first kappa shape index (κ1) is 19.8. The number of piperidine rings is 1. The van der Waals surface area contributed by atoms with Crippen LogP contribution in [0.4, 0.5) is 5.69 Å². The third-order valence-electron chi connectivity index (χ3n) is 5.98. The first-order valence-corrected chi connectivity index (χ1v) is 10.8. The van der Waals surface area contributed by atoms with Crippen LogP contribution in [0.5, 0.6) is 0 Å². The van der Waals surface area contributed by atoms with Gasteiger partial charge in [-0.15, -0.1) is 0 Å². The summed E-state index contributed by atoms with van der Waals surface area (Å²) in [5, 5.41) is 1.48. The van der Waals surface area contributed by atoms with E-state index in [1.54, 1.807) is 0 Å². The number of anilines is 1. The molecular formula is C21H30Cl2N2O. The average Bonchev–Trinajstić information content (AvgIpc) is 2.66. The van der Waals surface area contributed by atoms with Gasteiger partial charge < -0.3 is 9.80 Å². The molecule has 0 radical (unpaired) electrons. The molecule has 1 aromatic carbocycles. The van der Waals surface area contributed by atoms with Gasteiger partial charge in [0.05, 0.1) is 15.7 Å². The highest BCUT2D eigenvalue weighted by molar-refractivity contribution is 6.39. The topological polar surface area (TPSA) is 23.6 Å². The van der Waals surface area contributed by atoms with E-state index in [9.17, 15) is 4.79 Å². The van der Waals surface area contributed by atoms with E-state index in [4.69, 9.17) is 23.2 Å². The Morgan fingerprint density at radius 2 is 1.81 bits per heavy atom. The van der Waals surface area contributed by atoms with Crippen LogP contribution in [-0.2, 0) is 4.79 Å². The number of para-hydroxylation sites is 1. The Morgan fingerprint density at radius 3 is 2.50 bits per heavy atom. The molecule has 2 aliphatic rings. The average molecular weight is 397 g/mol. The van der Waals surface area contributed by atoms with Gasteiger partial charge in [0.2, 0.25) is 6.41 Å². The Labute approximate surface area is 167 Å². The lowest BCUT2D eigenvalue weighted by atomic mass is 9.92. The molecule has 1 saturated carbocycles. The molecular weight excluding hydrogens is 367 g/mol. The first-order chi connectivity index (χ1) is 12.7. The van der Waals surface area contributed by atoms with Crippen molar-refractivity contribution in [1.82, 2.24) is 4.90 Å². The summed E-state index contributed by atoms with van der Waals surface area (Å²) in [6, 6.07) is 6.21. The predicted molar refractivity (Wildman–Crippen MR) is 110 cm³/mol. The summed E-state index contributed by atoms with van der Waals surface area (Å²) in [6.45, 7) is 2.92. The molecule has 144 valence electrons. The number of nitrogens with zero attached hydrogens (tertiary/aromatic N) is 2. The van der Waals surface area contributed by atoms with Crippen LogP contribution in [0.25, 0.3) is 0 Å². The van der Waals surface area contributed by atoms with Crippen molar-refractivity contribution >= 4 is 35.3 Å². The van der Waals surface area contributed by atoms with Crippen molar-refractivity contribution in [1.29, 1.82) is 0 Å². The second-order valence-electron chi connectivity index (χ2n) is 7.80. The number of hydrogen-bond acceptors (Lipinski definition) is 2. The van der Waals surface area contributed by atoms with Gasteiger partial charge in [-0.3, -0.25) is 4.79 Å². The summed E-state index contributed by atoms with van der Waals surface area (Å²) in [5.41, 5.74) is 0.984. The summed E-state index contributed by atoms with van der Waals surface area (Å²) in [6.07, 6.45) is 12.0. The normalized spacial score (nSPS) is 21.6. The van der Waals surface area contributed by atoms with Crippen LogP contribution in [-0.4, -0.2) is 37.0 Å². The Kier molecular flexibility index (Phi) is 7.51. The lowest BCUT2D eigenvalue weighted by molar-refractivity contribution is -0.120. The van der Waals surface area contributed by atoms with Crippen molar-refractivity contribution in [3.63, 3.8) is 0 Å². The van der Waals surface area contributed by atoms with E-state index < -0.39 is 0 Å². The summed E-state index contributed by atoms with van der Waals surface area (Å²) in [5.74, 6) is 0.649. The van der Waals surface area contributed by atoms with Gasteiger partial charge in [0.1, 0.15) is 0 Å². The highest BCUT2D eigenvalue weighted by atomic mass is 35.5. The molecule has 1 amide bonds. The number of hydrogen-bond donors (Lipinski definition) is 0. The van der Waals surface area contributed by atoms with Gasteiger partial charge in [-0.2, -0.15) is 0 Å². The van der Waals surface area contributed by atoms with E-state index in [-0.39, 0.29) is 0 Å². The Balaban J connectivity index is 1.50. The van der Waals surface area contributed by atoms with Gasteiger partial charge in [0.25, 0.3) is 0 Å². The number of carbonyl (C=O) groups is 1. The molecule has 1 aromatic rings. The van der Waals surface area contributed by atoms with Crippen LogP contribution in [0, 0.1) is 5.92 Å². The maximum Gasteiger partial charge on any atom is 0.209 e. The maximum absolute atomic E-state index is 11.5. The van der Waals surface area contributed by atoms with Gasteiger partial charge in [-0.25, -0.2) is 0 Å². The fraction of sp³-hybridized carbons (Fsp3) is 0.667. The first-order valence-electron chi connectivity index (χ1n) is 10.1. The lowest BCUT2D eigenvalue weighted by Gasteiger charge is -2.36. The monoisotopic (exact) mass is 396 g/mol. The maximum atomic E-state index is 11.5. The second kappa shape index (κ2) is 9.85. The fourth-order valence-corrected chi connectivity index (χ4v) is 5.23. The van der Waals surface area contributed by atoms with E-state index in [0.717, 1.165) is 54.6 Å². The van der Waals surface area contributed by atoms with E-state index in [0.29, 0.717) is 12.0 Å². The number of halogens is 2. The number of rotatable bonds is 7. The molecule has 0 aromatic heterocycles. The third kappa shape index (κ3) is 5.07. The summed E-state index contributed by atoms with van der Waals surface area (Å²) >= 11 is 12.8. The molecule has 0 spiro atoms. The van der Waals surface area contributed by atoms with Gasteiger partial charge in [-0.1, -0.05) is 48.5 Å². The highest BCUT2D eigenvalue weighted by Crippen LogP contribution is 2.36. The Morgan fingerprint density at radius 1 is 1.08 bits per heavy atom. The SMILES string of the molecule is O=CN(CCCC1CCCN(c2c(Cl)cccc2Cl)C1)C1CCCCC1. The molecule has 1 atom stereocenters. The molecule has 1 aliphatic heterocycles. The highest BCUT2D eigenvalue weighted by Gasteiger charge is 2.24. The number of amides is 1. The predicted octanol–water partition coefficient (Wildman–Crippen LogP) is 5.78. The van der Waals surface area contributed by atoms with Gasteiger partial charge in [0, 0.05) is 25.7 Å². The molecule has 1 aliphatic carbocycles. The van der Waals surface area contributed by atoms with Gasteiger partial charge >= 0.3 is 0 Å². The van der Waals surface area contributed by atoms with Crippen LogP contribution in [0.1, 0.15) is 57.8 Å². The van der Waals surface area contributed by atoms with E-state index >= 15 is 0 Å². The van der Waals surface area contributed by atoms with Crippen molar-refractivity contribution in [2.45, 2.75) is 63.8 Å². The molecule has 3 rings (SSSR count). The summed E-state index contributed by atoms with van der Waals surface area (Å²) in [4.78, 5) is 15.9. The molecule has 0 bridgehead atoms. The van der Waals surface area contributed by atoms with E-state index in [2.05, 4.69) is 9.80 Å². The zero-order valence-electron chi connectivity index (χ0n) is 15.5. The molecule has 5 heteroatoms. The van der Waals surface area contributed by atoms with Crippen LogP contribution >= 0.6 is 23.2 Å². The van der Waals surface area contributed by atoms with Gasteiger partial charge in [0.15, 0.2) is 0 Å². The third-order valence-corrected chi connectivity index (χ3v) is 6.59. The zero-order valence-corrected chi connectivity index (χ0v) is 17.0. The standard InChI is InChI=1S/C21H30Cl2N2O/c22-19-11-4-12-20(23)21(19)24-13-5-7-17(15-24)8-6-14-25(16-26)18-9-2-1-3-10-18/h4,11-12,16-18H,1-3,5-10,13-15H2. The molecule has 2 fully saturated rings. The molecule has 0 N–H and O–H groups in total. The van der Waals surface area contributed by atoms with Crippen LogP contribution < -0.4 is 4.90 Å².